The number of aromatic nitrogens is 1. The van der Waals surface area contributed by atoms with Crippen molar-refractivity contribution in [1.82, 2.24) is 9.88 Å². The average Bonchev–Trinajstić information content (AvgIpc) is 3.12. The van der Waals surface area contributed by atoms with Crippen LogP contribution in [0.3, 0.4) is 0 Å². The number of likely N-dealkylation sites (N-methyl/N-ethyl adjacent to an activating group) is 1. The Morgan fingerprint density at radius 1 is 1.17 bits per heavy atom. The van der Waals surface area contributed by atoms with Gasteiger partial charge >= 0.3 is 0 Å². The molecule has 1 aliphatic rings. The number of amides is 1. The fourth-order valence-electron chi connectivity index (χ4n) is 3.85. The van der Waals surface area contributed by atoms with Crippen LogP contribution in [0.4, 0.5) is 4.39 Å². The van der Waals surface area contributed by atoms with Crippen molar-refractivity contribution in [3.05, 3.63) is 64.9 Å². The Morgan fingerprint density at radius 2 is 1.90 bits per heavy atom. The molecule has 7 heteroatoms. The Bertz CT molecular complexity index is 951. The highest BCUT2D eigenvalue weighted by Gasteiger charge is 2.26. The van der Waals surface area contributed by atoms with Crippen LogP contribution in [0.2, 0.25) is 0 Å². The molecule has 0 saturated carbocycles. The van der Waals surface area contributed by atoms with E-state index in [0.29, 0.717) is 13.1 Å². The van der Waals surface area contributed by atoms with Crippen molar-refractivity contribution in [2.24, 2.45) is 0 Å². The zero-order valence-corrected chi connectivity index (χ0v) is 17.5. The summed E-state index contributed by atoms with van der Waals surface area (Å²) in [6, 6.07) is 15.1. The van der Waals surface area contributed by atoms with Gasteiger partial charge in [-0.2, -0.15) is 0 Å². The van der Waals surface area contributed by atoms with Gasteiger partial charge in [0.2, 0.25) is 0 Å². The molecule has 1 aromatic heterocycles. The van der Waals surface area contributed by atoms with Crippen molar-refractivity contribution in [1.29, 1.82) is 0 Å². The van der Waals surface area contributed by atoms with E-state index in [1.165, 1.54) is 15.7 Å². The minimum atomic E-state index is -0.140. The number of carbonyl (C=O) groups is 1. The highest BCUT2D eigenvalue weighted by Crippen LogP contribution is 2.20. The van der Waals surface area contributed by atoms with Gasteiger partial charge in [0.15, 0.2) is 6.54 Å². The van der Waals surface area contributed by atoms with Crippen LogP contribution in [-0.4, -0.2) is 55.6 Å². The van der Waals surface area contributed by atoms with Crippen LogP contribution in [0.1, 0.15) is 10.6 Å². The van der Waals surface area contributed by atoms with Gasteiger partial charge in [-0.1, -0.05) is 30.3 Å². The topological polar surface area (TPSA) is 42.1 Å². The molecule has 1 unspecified atom stereocenters. The molecule has 152 valence electrons. The third kappa shape index (κ3) is 4.98. The van der Waals surface area contributed by atoms with Gasteiger partial charge in [0.25, 0.3) is 5.91 Å². The number of halogens is 1. The standard InChI is InChI=1S/C22H25FN4OS/c1-25(15-21-24-19-8-4-5-9-20(19)29-21)16-22(28)27-12-10-26(11-13-27)14-17-6-2-3-7-18(17)23/h2-9H,10-16H2,1H3/p+2. The number of hydrogen-bond donors (Lipinski definition) is 2. The summed E-state index contributed by atoms with van der Waals surface area (Å²) in [6.45, 7) is 5.08. The van der Waals surface area contributed by atoms with Gasteiger partial charge in [0.1, 0.15) is 23.9 Å². The van der Waals surface area contributed by atoms with E-state index in [-0.39, 0.29) is 11.7 Å². The molecule has 1 atom stereocenters. The van der Waals surface area contributed by atoms with Crippen LogP contribution in [0, 0.1) is 5.82 Å². The van der Waals surface area contributed by atoms with Crippen LogP contribution < -0.4 is 9.80 Å². The number of nitrogens with zero attached hydrogens (tertiary/aromatic N) is 2. The van der Waals surface area contributed by atoms with E-state index in [4.69, 9.17) is 0 Å². The predicted molar refractivity (Wildman–Crippen MR) is 112 cm³/mol. The van der Waals surface area contributed by atoms with Crippen molar-refractivity contribution >= 4 is 27.5 Å². The maximum absolute atomic E-state index is 13.9. The number of thiazole rings is 1. The molecule has 1 saturated heterocycles. The fourth-order valence-corrected chi connectivity index (χ4v) is 4.93. The first-order chi connectivity index (χ1) is 14.1. The highest BCUT2D eigenvalue weighted by molar-refractivity contribution is 7.18. The third-order valence-corrected chi connectivity index (χ3v) is 6.50. The smallest absolute Gasteiger partial charge is 0.278 e. The first-order valence-corrected chi connectivity index (χ1v) is 10.9. The number of benzene rings is 2. The number of para-hydroxylation sites is 1. The SMILES string of the molecule is C[NH+](CC(=O)N1CC[NH+](Cc2ccccc2F)CC1)Cc1nc2ccccc2s1. The minimum Gasteiger partial charge on any atom is -0.328 e. The Kier molecular flexibility index (Phi) is 6.18. The van der Waals surface area contributed by atoms with E-state index in [0.717, 1.165) is 53.7 Å². The Morgan fingerprint density at radius 3 is 2.66 bits per heavy atom. The number of quaternary nitrogens is 2. The lowest BCUT2D eigenvalue weighted by Gasteiger charge is -2.32. The first-order valence-electron chi connectivity index (χ1n) is 10.1. The fraction of sp³-hybridized carbons (Fsp3) is 0.364. The lowest BCUT2D eigenvalue weighted by Crippen LogP contribution is -3.14. The Balaban J connectivity index is 1.25. The van der Waals surface area contributed by atoms with E-state index in [1.54, 1.807) is 17.4 Å². The number of carbonyl (C=O) groups excluding carboxylic acids is 1. The molecule has 2 aromatic carbocycles. The van der Waals surface area contributed by atoms with Crippen LogP contribution in [0.15, 0.2) is 48.5 Å². The van der Waals surface area contributed by atoms with Crippen LogP contribution in [0.25, 0.3) is 10.2 Å². The summed E-state index contributed by atoms with van der Waals surface area (Å²) in [7, 11) is 2.05. The largest absolute Gasteiger partial charge is 0.328 e. The first kappa shape index (κ1) is 19.9. The Labute approximate surface area is 174 Å². The molecular formula is C22H27FN4OS+2. The normalized spacial score (nSPS) is 16.3. The van der Waals surface area contributed by atoms with Gasteiger partial charge < -0.3 is 14.7 Å². The van der Waals surface area contributed by atoms with Gasteiger partial charge in [-0.15, -0.1) is 11.3 Å². The molecule has 3 aromatic rings. The summed E-state index contributed by atoms with van der Waals surface area (Å²) in [4.78, 5) is 21.8. The van der Waals surface area contributed by atoms with Crippen LogP contribution in [0.5, 0.6) is 0 Å². The Hall–Kier alpha value is -2.35. The zero-order chi connectivity index (χ0) is 20.2. The molecule has 4 rings (SSSR count). The molecule has 0 spiro atoms. The molecule has 5 nitrogen and oxygen atoms in total. The lowest BCUT2D eigenvalue weighted by molar-refractivity contribution is -0.918. The second-order valence-corrected chi connectivity index (χ2v) is 8.90. The van der Waals surface area contributed by atoms with Crippen molar-refractivity contribution in [2.75, 3.05) is 39.8 Å². The number of piperazine rings is 1. The zero-order valence-electron chi connectivity index (χ0n) is 16.7. The summed E-state index contributed by atoms with van der Waals surface area (Å²) < 4.78 is 15.0. The van der Waals surface area contributed by atoms with Gasteiger partial charge in [-0.25, -0.2) is 9.37 Å². The number of hydrogen-bond acceptors (Lipinski definition) is 3. The highest BCUT2D eigenvalue weighted by atomic mass is 32.1. The molecule has 1 amide bonds. The third-order valence-electron chi connectivity index (χ3n) is 5.47. The summed E-state index contributed by atoms with van der Waals surface area (Å²) in [6.07, 6.45) is 0. The van der Waals surface area contributed by atoms with E-state index in [2.05, 4.69) is 11.1 Å². The van der Waals surface area contributed by atoms with Gasteiger partial charge in [-0.05, 0) is 18.2 Å². The summed E-state index contributed by atoms with van der Waals surface area (Å²) in [5.41, 5.74) is 1.78. The van der Waals surface area contributed by atoms with Gasteiger partial charge in [0, 0.05) is 5.56 Å². The second kappa shape index (κ2) is 8.98. The molecule has 2 N–H and O–H groups in total. The molecule has 29 heavy (non-hydrogen) atoms. The van der Waals surface area contributed by atoms with E-state index in [1.807, 2.05) is 42.3 Å². The lowest BCUT2D eigenvalue weighted by atomic mass is 10.2. The van der Waals surface area contributed by atoms with Crippen molar-refractivity contribution < 1.29 is 19.0 Å². The maximum atomic E-state index is 13.9. The minimum absolute atomic E-state index is 0.140. The molecular weight excluding hydrogens is 387 g/mol. The second-order valence-electron chi connectivity index (χ2n) is 7.78. The molecule has 0 bridgehead atoms. The van der Waals surface area contributed by atoms with E-state index < -0.39 is 0 Å². The maximum Gasteiger partial charge on any atom is 0.278 e. The van der Waals surface area contributed by atoms with Crippen LogP contribution in [-0.2, 0) is 17.9 Å². The molecule has 1 fully saturated rings. The quantitative estimate of drug-likeness (QED) is 0.612. The molecule has 2 heterocycles. The van der Waals surface area contributed by atoms with Crippen molar-refractivity contribution in [3.63, 3.8) is 0 Å². The van der Waals surface area contributed by atoms with Crippen LogP contribution >= 0.6 is 11.3 Å². The van der Waals surface area contributed by atoms with Crippen molar-refractivity contribution in [2.45, 2.75) is 13.1 Å². The van der Waals surface area contributed by atoms with E-state index in [9.17, 15) is 9.18 Å². The number of rotatable bonds is 6. The molecule has 0 radical (unpaired) electrons. The number of fused-ring (bicyclic) bond motifs is 1. The molecule has 1 aliphatic heterocycles. The summed E-state index contributed by atoms with van der Waals surface area (Å²) >= 11 is 1.70. The predicted octanol–water partition coefficient (Wildman–Crippen LogP) is 0.377. The van der Waals surface area contributed by atoms with Gasteiger partial charge in [0.05, 0.1) is 43.4 Å². The summed E-state index contributed by atoms with van der Waals surface area (Å²) in [5.74, 6) is 0.0483. The molecule has 0 aliphatic carbocycles. The van der Waals surface area contributed by atoms with E-state index >= 15 is 0 Å². The monoisotopic (exact) mass is 414 g/mol. The number of nitrogens with one attached hydrogen (secondary N) is 2. The summed E-state index contributed by atoms with van der Waals surface area (Å²) in [5, 5.41) is 1.07. The van der Waals surface area contributed by atoms with Gasteiger partial charge in [-0.3, -0.25) is 4.79 Å². The average molecular weight is 415 g/mol. The van der Waals surface area contributed by atoms with Crippen molar-refractivity contribution in [3.8, 4) is 0 Å².